The van der Waals surface area contributed by atoms with Crippen LogP contribution in [0.2, 0.25) is 0 Å². The molecule has 2 rings (SSSR count). The van der Waals surface area contributed by atoms with Gasteiger partial charge < -0.3 is 5.32 Å². The van der Waals surface area contributed by atoms with Crippen LogP contribution in [-0.2, 0) is 6.54 Å². The Morgan fingerprint density at radius 2 is 2.06 bits per heavy atom. The number of rotatable bonds is 5. The lowest BCUT2D eigenvalue weighted by molar-refractivity contribution is 0.623. The Hall–Kier alpha value is -1.75. The number of aromatic nitrogens is 3. The van der Waals surface area contributed by atoms with Gasteiger partial charge >= 0.3 is 0 Å². The first-order chi connectivity index (χ1) is 8.31. The molecular weight excluding hydrogens is 219 g/mol. The molecule has 90 valence electrons. The summed E-state index contributed by atoms with van der Waals surface area (Å²) in [7, 11) is 0. The van der Waals surface area contributed by atoms with E-state index in [4.69, 9.17) is 0 Å². The Kier molecular flexibility index (Phi) is 3.82. The molecule has 1 N–H and O–H groups in total. The van der Waals surface area contributed by atoms with Crippen molar-refractivity contribution in [1.29, 1.82) is 0 Å². The summed E-state index contributed by atoms with van der Waals surface area (Å²) in [6.45, 7) is 3.77. The van der Waals surface area contributed by atoms with E-state index < -0.39 is 0 Å². The van der Waals surface area contributed by atoms with Crippen molar-refractivity contribution in [3.8, 4) is 5.69 Å². The number of hydrogen-bond donors (Lipinski definition) is 1. The third-order valence-corrected chi connectivity index (χ3v) is 2.42. The van der Waals surface area contributed by atoms with Crippen molar-refractivity contribution in [2.24, 2.45) is 0 Å². The predicted molar refractivity (Wildman–Crippen MR) is 63.3 cm³/mol. The maximum atomic E-state index is 12.8. The van der Waals surface area contributed by atoms with E-state index in [9.17, 15) is 4.39 Å². The van der Waals surface area contributed by atoms with Crippen molar-refractivity contribution in [3.63, 3.8) is 0 Å². The highest BCUT2D eigenvalue weighted by Crippen LogP contribution is 2.10. The summed E-state index contributed by atoms with van der Waals surface area (Å²) in [5.74, 6) is -0.250. The number of hydrogen-bond acceptors (Lipinski definition) is 3. The predicted octanol–water partition coefficient (Wildman–Crippen LogP) is 1.91. The van der Waals surface area contributed by atoms with Crippen LogP contribution in [0, 0.1) is 5.82 Å². The van der Waals surface area contributed by atoms with Crippen molar-refractivity contribution in [2.75, 3.05) is 6.54 Å². The molecule has 1 aromatic carbocycles. The summed E-state index contributed by atoms with van der Waals surface area (Å²) in [5, 5.41) is 11.2. The minimum atomic E-state index is -0.250. The van der Waals surface area contributed by atoms with Gasteiger partial charge in [0.25, 0.3) is 0 Å². The standard InChI is InChI=1S/C12H15FN4/c1-2-7-14-8-12-9-15-16-17(12)11-5-3-10(13)4-6-11/h3-6,9,14H,2,7-8H2,1H3. The van der Waals surface area contributed by atoms with Gasteiger partial charge in [-0.05, 0) is 37.2 Å². The van der Waals surface area contributed by atoms with Gasteiger partial charge in [-0.25, -0.2) is 9.07 Å². The van der Waals surface area contributed by atoms with Gasteiger partial charge in [0.2, 0.25) is 0 Å². The molecule has 0 saturated carbocycles. The Bertz CT molecular complexity index is 464. The van der Waals surface area contributed by atoms with Crippen molar-refractivity contribution < 1.29 is 4.39 Å². The molecule has 2 aromatic rings. The lowest BCUT2D eigenvalue weighted by atomic mass is 10.3. The highest BCUT2D eigenvalue weighted by atomic mass is 19.1. The van der Waals surface area contributed by atoms with Crippen molar-refractivity contribution in [1.82, 2.24) is 20.3 Å². The van der Waals surface area contributed by atoms with Gasteiger partial charge in [0.1, 0.15) is 5.82 Å². The van der Waals surface area contributed by atoms with Gasteiger partial charge in [-0.2, -0.15) is 0 Å². The minimum absolute atomic E-state index is 0.250. The van der Waals surface area contributed by atoms with E-state index >= 15 is 0 Å². The van der Waals surface area contributed by atoms with Gasteiger partial charge in [0.15, 0.2) is 0 Å². The molecule has 0 bridgehead atoms. The third-order valence-electron chi connectivity index (χ3n) is 2.42. The van der Waals surface area contributed by atoms with Gasteiger partial charge in [0.05, 0.1) is 17.6 Å². The van der Waals surface area contributed by atoms with Gasteiger partial charge in [0, 0.05) is 6.54 Å². The molecule has 0 saturated heterocycles. The fraction of sp³-hybridized carbons (Fsp3) is 0.333. The summed E-state index contributed by atoms with van der Waals surface area (Å²) in [6, 6.07) is 6.21. The second kappa shape index (κ2) is 5.54. The molecule has 17 heavy (non-hydrogen) atoms. The summed E-state index contributed by atoms with van der Waals surface area (Å²) in [6.07, 6.45) is 2.80. The number of halogens is 1. The lowest BCUT2D eigenvalue weighted by Crippen LogP contribution is -2.16. The molecule has 0 radical (unpaired) electrons. The normalized spacial score (nSPS) is 10.7. The second-order valence-corrected chi connectivity index (χ2v) is 3.79. The molecule has 1 aromatic heterocycles. The van der Waals surface area contributed by atoms with E-state index in [2.05, 4.69) is 22.6 Å². The zero-order valence-electron chi connectivity index (χ0n) is 9.73. The van der Waals surface area contributed by atoms with E-state index in [-0.39, 0.29) is 5.82 Å². The van der Waals surface area contributed by atoms with E-state index in [0.29, 0.717) is 6.54 Å². The van der Waals surface area contributed by atoms with Crippen LogP contribution in [0.3, 0.4) is 0 Å². The Morgan fingerprint density at radius 1 is 1.29 bits per heavy atom. The highest BCUT2D eigenvalue weighted by molar-refractivity contribution is 5.32. The lowest BCUT2D eigenvalue weighted by Gasteiger charge is -2.06. The van der Waals surface area contributed by atoms with Crippen LogP contribution in [0.5, 0.6) is 0 Å². The van der Waals surface area contributed by atoms with Gasteiger partial charge in [-0.3, -0.25) is 0 Å². The van der Waals surface area contributed by atoms with E-state index in [1.165, 1.54) is 12.1 Å². The first kappa shape index (κ1) is 11.7. The van der Waals surface area contributed by atoms with Crippen LogP contribution in [-0.4, -0.2) is 21.5 Å². The number of benzene rings is 1. The van der Waals surface area contributed by atoms with Crippen LogP contribution in [0.4, 0.5) is 4.39 Å². The van der Waals surface area contributed by atoms with Crippen LogP contribution in [0.1, 0.15) is 19.0 Å². The first-order valence-corrected chi connectivity index (χ1v) is 5.67. The monoisotopic (exact) mass is 234 g/mol. The molecular formula is C12H15FN4. The molecule has 0 aliphatic heterocycles. The molecule has 0 amide bonds. The summed E-state index contributed by atoms with van der Waals surface area (Å²) in [4.78, 5) is 0. The fourth-order valence-electron chi connectivity index (χ4n) is 1.57. The summed E-state index contributed by atoms with van der Waals surface area (Å²) < 4.78 is 14.5. The van der Waals surface area contributed by atoms with Crippen LogP contribution >= 0.6 is 0 Å². The number of nitrogens with one attached hydrogen (secondary N) is 1. The molecule has 0 fully saturated rings. The van der Waals surface area contributed by atoms with E-state index in [0.717, 1.165) is 24.3 Å². The summed E-state index contributed by atoms with van der Waals surface area (Å²) >= 11 is 0. The van der Waals surface area contributed by atoms with E-state index in [1.54, 1.807) is 23.0 Å². The SMILES string of the molecule is CCCNCc1cnnn1-c1ccc(F)cc1. The molecule has 0 unspecified atom stereocenters. The van der Waals surface area contributed by atoms with Crippen molar-refractivity contribution in [2.45, 2.75) is 19.9 Å². The molecule has 0 spiro atoms. The molecule has 1 heterocycles. The number of nitrogens with zero attached hydrogens (tertiary/aromatic N) is 3. The maximum absolute atomic E-state index is 12.8. The zero-order chi connectivity index (χ0) is 12.1. The zero-order valence-corrected chi connectivity index (χ0v) is 9.73. The average molecular weight is 234 g/mol. The highest BCUT2D eigenvalue weighted by Gasteiger charge is 2.05. The van der Waals surface area contributed by atoms with Gasteiger partial charge in [-0.15, -0.1) is 5.10 Å². The Balaban J connectivity index is 2.15. The van der Waals surface area contributed by atoms with E-state index in [1.807, 2.05) is 0 Å². The minimum Gasteiger partial charge on any atom is -0.311 e. The second-order valence-electron chi connectivity index (χ2n) is 3.79. The molecule has 0 aliphatic rings. The smallest absolute Gasteiger partial charge is 0.123 e. The molecule has 4 nitrogen and oxygen atoms in total. The largest absolute Gasteiger partial charge is 0.311 e. The summed E-state index contributed by atoms with van der Waals surface area (Å²) in [5.41, 5.74) is 1.78. The van der Waals surface area contributed by atoms with Crippen molar-refractivity contribution in [3.05, 3.63) is 42.0 Å². The maximum Gasteiger partial charge on any atom is 0.123 e. The average Bonchev–Trinajstić information content (AvgIpc) is 2.79. The third kappa shape index (κ3) is 2.88. The first-order valence-electron chi connectivity index (χ1n) is 5.67. The topological polar surface area (TPSA) is 42.7 Å². The molecule has 0 aliphatic carbocycles. The quantitative estimate of drug-likeness (QED) is 0.803. The van der Waals surface area contributed by atoms with Crippen molar-refractivity contribution >= 4 is 0 Å². The fourth-order valence-corrected chi connectivity index (χ4v) is 1.57. The Labute approximate surface area is 99.5 Å². The van der Waals surface area contributed by atoms with Crippen LogP contribution in [0.25, 0.3) is 5.69 Å². The van der Waals surface area contributed by atoms with Gasteiger partial charge in [-0.1, -0.05) is 12.1 Å². The Morgan fingerprint density at radius 3 is 2.76 bits per heavy atom. The van der Waals surface area contributed by atoms with Crippen LogP contribution in [0.15, 0.2) is 30.5 Å². The molecule has 0 atom stereocenters. The van der Waals surface area contributed by atoms with Crippen LogP contribution < -0.4 is 5.32 Å². The molecule has 5 heteroatoms.